The SMILES string of the molecule is O=C(O)Cn1ccc(NC(=O)C2C3CC4CC(C3)CC2C4)n1. The molecule has 4 bridgehead atoms. The number of aromatic nitrogens is 2. The van der Waals surface area contributed by atoms with Crippen LogP contribution in [0.3, 0.4) is 0 Å². The fourth-order valence-electron chi connectivity index (χ4n) is 5.22. The van der Waals surface area contributed by atoms with E-state index in [1.54, 1.807) is 12.3 Å². The van der Waals surface area contributed by atoms with E-state index in [1.165, 1.54) is 36.8 Å². The summed E-state index contributed by atoms with van der Waals surface area (Å²) in [6.45, 7) is -0.187. The van der Waals surface area contributed by atoms with Gasteiger partial charge in [-0.05, 0) is 55.8 Å². The van der Waals surface area contributed by atoms with Gasteiger partial charge in [0.1, 0.15) is 6.54 Å². The molecule has 2 N–H and O–H groups in total. The molecule has 0 saturated heterocycles. The van der Waals surface area contributed by atoms with Crippen molar-refractivity contribution in [1.29, 1.82) is 0 Å². The molecular weight excluding hydrogens is 282 g/mol. The topological polar surface area (TPSA) is 84.2 Å². The average Bonchev–Trinajstić information content (AvgIpc) is 2.83. The highest BCUT2D eigenvalue weighted by molar-refractivity contribution is 5.92. The molecule has 4 aliphatic carbocycles. The molecule has 6 nitrogen and oxygen atoms in total. The van der Waals surface area contributed by atoms with Gasteiger partial charge < -0.3 is 10.4 Å². The quantitative estimate of drug-likeness (QED) is 0.890. The van der Waals surface area contributed by atoms with E-state index in [-0.39, 0.29) is 18.4 Å². The molecule has 1 aromatic rings. The number of anilines is 1. The molecule has 118 valence electrons. The van der Waals surface area contributed by atoms with Gasteiger partial charge in [-0.2, -0.15) is 5.10 Å². The standard InChI is InChI=1S/C16H21N3O3/c20-14(21)8-19-2-1-13(18-19)17-16(22)15-11-4-9-3-10(6-11)7-12(15)5-9/h1-2,9-12,15H,3-8H2,(H,20,21)(H,17,18,22). The lowest BCUT2D eigenvalue weighted by molar-refractivity contribution is -0.138. The van der Waals surface area contributed by atoms with E-state index < -0.39 is 5.97 Å². The number of hydrogen-bond donors (Lipinski definition) is 2. The summed E-state index contributed by atoms with van der Waals surface area (Å²) in [7, 11) is 0. The number of amides is 1. The second-order valence-corrected chi connectivity index (χ2v) is 7.24. The summed E-state index contributed by atoms with van der Waals surface area (Å²) in [5, 5.41) is 15.8. The van der Waals surface area contributed by atoms with Crippen LogP contribution in [0.2, 0.25) is 0 Å². The largest absolute Gasteiger partial charge is 0.480 e. The van der Waals surface area contributed by atoms with Crippen molar-refractivity contribution in [3.05, 3.63) is 12.3 Å². The summed E-state index contributed by atoms with van der Waals surface area (Å²) >= 11 is 0. The normalized spacial score (nSPS) is 35.5. The third-order valence-electron chi connectivity index (χ3n) is 5.72. The van der Waals surface area contributed by atoms with Gasteiger partial charge in [-0.1, -0.05) is 0 Å². The minimum absolute atomic E-state index is 0.0781. The Bertz CT molecular complexity index is 582. The second-order valence-electron chi connectivity index (χ2n) is 7.24. The Morgan fingerprint density at radius 3 is 2.41 bits per heavy atom. The predicted octanol–water partition coefficient (Wildman–Crippen LogP) is 1.98. The third kappa shape index (κ3) is 2.40. The molecule has 1 amide bonds. The number of carbonyl (C=O) groups is 2. The molecule has 1 heterocycles. The Kier molecular flexibility index (Phi) is 3.20. The van der Waals surface area contributed by atoms with Crippen LogP contribution in [0.4, 0.5) is 5.82 Å². The van der Waals surface area contributed by atoms with E-state index in [2.05, 4.69) is 10.4 Å². The molecule has 0 aromatic carbocycles. The van der Waals surface area contributed by atoms with Crippen LogP contribution in [0, 0.1) is 29.6 Å². The Morgan fingerprint density at radius 2 is 1.82 bits per heavy atom. The predicted molar refractivity (Wildman–Crippen MR) is 79.0 cm³/mol. The maximum Gasteiger partial charge on any atom is 0.325 e. The number of nitrogens with one attached hydrogen (secondary N) is 1. The highest BCUT2D eigenvalue weighted by atomic mass is 16.4. The molecule has 0 spiro atoms. The van der Waals surface area contributed by atoms with Crippen molar-refractivity contribution in [2.75, 3.05) is 5.32 Å². The van der Waals surface area contributed by atoms with Gasteiger partial charge >= 0.3 is 5.97 Å². The van der Waals surface area contributed by atoms with E-state index in [4.69, 9.17) is 5.11 Å². The monoisotopic (exact) mass is 303 g/mol. The molecule has 0 aliphatic heterocycles. The Labute approximate surface area is 128 Å². The van der Waals surface area contributed by atoms with Crippen LogP contribution in [-0.4, -0.2) is 26.8 Å². The van der Waals surface area contributed by atoms with Crippen molar-refractivity contribution in [3.8, 4) is 0 Å². The lowest BCUT2D eigenvalue weighted by Crippen LogP contribution is -2.49. The number of hydrogen-bond acceptors (Lipinski definition) is 3. The van der Waals surface area contributed by atoms with Crippen LogP contribution in [0.25, 0.3) is 0 Å². The Balaban J connectivity index is 1.44. The zero-order valence-corrected chi connectivity index (χ0v) is 12.4. The number of carboxylic acid groups (broad SMARTS) is 1. The lowest BCUT2D eigenvalue weighted by Gasteiger charge is -2.53. The van der Waals surface area contributed by atoms with Crippen LogP contribution in [0.1, 0.15) is 32.1 Å². The summed E-state index contributed by atoms with van der Waals surface area (Å²) in [4.78, 5) is 23.3. The minimum Gasteiger partial charge on any atom is -0.480 e. The molecule has 0 atom stereocenters. The molecule has 6 heteroatoms. The highest BCUT2D eigenvalue weighted by Crippen LogP contribution is 2.56. The van der Waals surface area contributed by atoms with Crippen molar-refractivity contribution in [3.63, 3.8) is 0 Å². The van der Waals surface area contributed by atoms with Gasteiger partial charge in [0, 0.05) is 18.2 Å². The van der Waals surface area contributed by atoms with Crippen molar-refractivity contribution >= 4 is 17.7 Å². The lowest BCUT2D eigenvalue weighted by atomic mass is 9.51. The Morgan fingerprint density at radius 1 is 1.18 bits per heavy atom. The number of carboxylic acids is 1. The maximum atomic E-state index is 12.7. The highest BCUT2D eigenvalue weighted by Gasteiger charge is 2.50. The molecule has 22 heavy (non-hydrogen) atoms. The first kappa shape index (κ1) is 13.8. The summed E-state index contributed by atoms with van der Waals surface area (Å²) < 4.78 is 1.33. The van der Waals surface area contributed by atoms with E-state index >= 15 is 0 Å². The van der Waals surface area contributed by atoms with E-state index in [0.717, 1.165) is 11.8 Å². The number of carbonyl (C=O) groups excluding carboxylic acids is 1. The minimum atomic E-state index is -0.943. The van der Waals surface area contributed by atoms with Crippen LogP contribution >= 0.6 is 0 Å². The van der Waals surface area contributed by atoms with Crippen LogP contribution in [0.15, 0.2) is 12.3 Å². The third-order valence-corrected chi connectivity index (χ3v) is 5.72. The van der Waals surface area contributed by atoms with Gasteiger partial charge in [-0.25, -0.2) is 0 Å². The first-order valence-corrected chi connectivity index (χ1v) is 8.14. The van der Waals surface area contributed by atoms with Gasteiger partial charge in [-0.15, -0.1) is 0 Å². The molecule has 1 aromatic heterocycles. The van der Waals surface area contributed by atoms with Gasteiger partial charge in [0.05, 0.1) is 0 Å². The van der Waals surface area contributed by atoms with Crippen molar-refractivity contribution in [2.24, 2.45) is 29.6 Å². The first-order valence-electron chi connectivity index (χ1n) is 8.14. The van der Waals surface area contributed by atoms with E-state index in [1.807, 2.05) is 0 Å². The summed E-state index contributed by atoms with van der Waals surface area (Å²) in [6, 6.07) is 1.66. The zero-order chi connectivity index (χ0) is 15.3. The van der Waals surface area contributed by atoms with Gasteiger partial charge in [0.2, 0.25) is 5.91 Å². The van der Waals surface area contributed by atoms with Crippen molar-refractivity contribution in [2.45, 2.75) is 38.6 Å². The number of nitrogens with zero attached hydrogens (tertiary/aromatic N) is 2. The molecular formula is C16H21N3O3. The summed E-state index contributed by atoms with van der Waals surface area (Å²) in [6.07, 6.45) is 7.79. The van der Waals surface area contributed by atoms with Gasteiger partial charge in [0.25, 0.3) is 0 Å². The average molecular weight is 303 g/mol. The van der Waals surface area contributed by atoms with Crippen LogP contribution < -0.4 is 5.32 Å². The number of rotatable bonds is 4. The molecule has 5 rings (SSSR count). The smallest absolute Gasteiger partial charge is 0.325 e. The molecule has 4 saturated carbocycles. The molecule has 4 aliphatic rings. The molecule has 0 unspecified atom stereocenters. The first-order chi connectivity index (χ1) is 10.6. The fourth-order valence-corrected chi connectivity index (χ4v) is 5.22. The molecule has 4 fully saturated rings. The van der Waals surface area contributed by atoms with Crippen molar-refractivity contribution in [1.82, 2.24) is 9.78 Å². The zero-order valence-electron chi connectivity index (χ0n) is 12.4. The fraction of sp³-hybridized carbons (Fsp3) is 0.688. The summed E-state index contributed by atoms with van der Waals surface area (Å²) in [5.41, 5.74) is 0. The van der Waals surface area contributed by atoms with Gasteiger partial charge in [0.15, 0.2) is 5.82 Å². The van der Waals surface area contributed by atoms with Crippen LogP contribution in [-0.2, 0) is 16.1 Å². The van der Waals surface area contributed by atoms with E-state index in [9.17, 15) is 9.59 Å². The van der Waals surface area contributed by atoms with E-state index in [0.29, 0.717) is 17.7 Å². The number of aliphatic carboxylic acids is 1. The summed E-state index contributed by atoms with van der Waals surface area (Å²) in [5.74, 6) is 2.49. The van der Waals surface area contributed by atoms with Crippen LogP contribution in [0.5, 0.6) is 0 Å². The van der Waals surface area contributed by atoms with Crippen molar-refractivity contribution < 1.29 is 14.7 Å². The van der Waals surface area contributed by atoms with Gasteiger partial charge in [-0.3, -0.25) is 14.3 Å². The second kappa shape index (κ2) is 5.11. The maximum absolute atomic E-state index is 12.7. The Hall–Kier alpha value is -1.85. The molecule has 0 radical (unpaired) electrons.